The summed E-state index contributed by atoms with van der Waals surface area (Å²) in [5.74, 6) is 0.384. The maximum atomic E-state index is 10.0. The molecule has 0 aliphatic carbocycles. The lowest BCUT2D eigenvalue weighted by Crippen LogP contribution is -1.91. The van der Waals surface area contributed by atoms with Gasteiger partial charge in [-0.25, -0.2) is 4.98 Å². The van der Waals surface area contributed by atoms with Gasteiger partial charge in [-0.1, -0.05) is 48.5 Å². The van der Waals surface area contributed by atoms with Crippen molar-refractivity contribution in [2.45, 2.75) is 12.8 Å². The molecule has 0 unspecified atom stereocenters. The van der Waals surface area contributed by atoms with Gasteiger partial charge in [-0.05, 0) is 24.1 Å². The van der Waals surface area contributed by atoms with Crippen LogP contribution in [0.3, 0.4) is 0 Å². The highest BCUT2D eigenvalue weighted by Crippen LogP contribution is 2.33. The summed E-state index contributed by atoms with van der Waals surface area (Å²) in [6.45, 7) is 0. The van der Waals surface area contributed by atoms with Gasteiger partial charge in [0, 0.05) is 23.8 Å². The molecule has 118 valence electrons. The lowest BCUT2D eigenvalue weighted by molar-refractivity contribution is 0.316. The predicted octanol–water partition coefficient (Wildman–Crippen LogP) is 4.42. The summed E-state index contributed by atoms with van der Waals surface area (Å²) < 4.78 is 5.39. The molecule has 2 heterocycles. The number of rotatable bonds is 4. The molecule has 0 fully saturated rings. The molecule has 0 radical (unpaired) electrons. The van der Waals surface area contributed by atoms with E-state index in [1.165, 1.54) is 5.56 Å². The molecule has 1 aliphatic rings. The number of allylic oxidation sites excluding steroid dienone is 1. The second-order valence-electron chi connectivity index (χ2n) is 5.66. The van der Waals surface area contributed by atoms with Gasteiger partial charge in [0.2, 0.25) is 0 Å². The number of aromatic nitrogens is 1. The van der Waals surface area contributed by atoms with Gasteiger partial charge >= 0.3 is 5.95 Å². The molecule has 4 rings (SSSR count). The zero-order chi connectivity index (χ0) is 16.4. The number of benzene rings is 2. The Bertz CT molecular complexity index is 924. The van der Waals surface area contributed by atoms with Crippen molar-refractivity contribution in [3.63, 3.8) is 0 Å². The smallest absolute Gasteiger partial charge is 0.310 e. The number of aliphatic imine (C=N–C) groups is 1. The van der Waals surface area contributed by atoms with Gasteiger partial charge in [0.1, 0.15) is 5.69 Å². The molecule has 1 aliphatic heterocycles. The number of hydrogen-bond acceptors (Lipinski definition) is 4. The molecule has 1 aromatic heterocycles. The minimum Gasteiger partial charge on any atom is -0.479 e. The highest BCUT2D eigenvalue weighted by Gasteiger charge is 2.15. The number of nitrogens with zero attached hydrogens (tertiary/aromatic N) is 2. The number of hydrogen-bond donors (Lipinski definition) is 1. The van der Waals surface area contributed by atoms with E-state index in [1.54, 1.807) is 12.3 Å². The first-order chi connectivity index (χ1) is 11.8. The first-order valence-corrected chi connectivity index (χ1v) is 7.87. The van der Waals surface area contributed by atoms with Crippen LogP contribution >= 0.6 is 0 Å². The molecular weight excluding hydrogens is 300 g/mol. The number of aromatic hydroxyl groups is 1. The molecule has 2 aromatic carbocycles. The Kier molecular flexibility index (Phi) is 3.71. The molecule has 0 saturated heterocycles. The first-order valence-electron chi connectivity index (χ1n) is 7.87. The second kappa shape index (κ2) is 6.16. The molecule has 0 spiro atoms. The highest BCUT2D eigenvalue weighted by molar-refractivity contribution is 6.21. The Morgan fingerprint density at radius 1 is 0.958 bits per heavy atom. The standard InChI is InChI=1S/C20H16N2O2/c23-20-18(12-15-13-21-17-9-5-4-8-16(15)17)22-19(24-20)11-10-14-6-2-1-3-7-14/h1-9,12-13,23H,10-11H2/b15-12+. The third kappa shape index (κ3) is 2.86. The molecule has 1 N–H and O–H groups in total. The monoisotopic (exact) mass is 316 g/mol. The number of para-hydroxylation sites is 1. The lowest BCUT2D eigenvalue weighted by Gasteiger charge is -1.97. The van der Waals surface area contributed by atoms with Crippen molar-refractivity contribution in [2.24, 2.45) is 4.99 Å². The van der Waals surface area contributed by atoms with Crippen LogP contribution in [0.4, 0.5) is 5.69 Å². The Balaban J connectivity index is 1.54. The first kappa shape index (κ1) is 14.5. The number of fused-ring (bicyclic) bond motifs is 1. The van der Waals surface area contributed by atoms with E-state index in [0.29, 0.717) is 18.0 Å². The van der Waals surface area contributed by atoms with Gasteiger partial charge in [0.05, 0.1) is 5.69 Å². The van der Waals surface area contributed by atoms with Crippen molar-refractivity contribution in [1.29, 1.82) is 0 Å². The maximum Gasteiger partial charge on any atom is 0.310 e. The number of oxazole rings is 1. The Morgan fingerprint density at radius 2 is 1.75 bits per heavy atom. The van der Waals surface area contributed by atoms with Crippen LogP contribution in [0.1, 0.15) is 22.7 Å². The molecule has 0 atom stereocenters. The topological polar surface area (TPSA) is 58.6 Å². The van der Waals surface area contributed by atoms with E-state index >= 15 is 0 Å². The fourth-order valence-corrected chi connectivity index (χ4v) is 2.77. The van der Waals surface area contributed by atoms with E-state index in [0.717, 1.165) is 23.2 Å². The summed E-state index contributed by atoms with van der Waals surface area (Å²) in [5.41, 5.74) is 4.54. The van der Waals surface area contributed by atoms with Crippen molar-refractivity contribution < 1.29 is 9.52 Å². The SMILES string of the molecule is Oc1oc(CCc2ccccc2)nc1/C=C1\C=Nc2ccccc21. The summed E-state index contributed by atoms with van der Waals surface area (Å²) in [7, 11) is 0. The molecular formula is C20H16N2O2. The van der Waals surface area contributed by atoms with Crippen LogP contribution in [0.2, 0.25) is 0 Å². The zero-order valence-corrected chi connectivity index (χ0v) is 13.0. The van der Waals surface area contributed by atoms with Gasteiger partial charge < -0.3 is 9.52 Å². The maximum absolute atomic E-state index is 10.0. The Hall–Kier alpha value is -3.14. The van der Waals surface area contributed by atoms with Crippen molar-refractivity contribution in [1.82, 2.24) is 4.98 Å². The third-order valence-corrected chi connectivity index (χ3v) is 4.00. The fraction of sp³-hybridized carbons (Fsp3) is 0.100. The van der Waals surface area contributed by atoms with Crippen LogP contribution < -0.4 is 0 Å². The number of aryl methyl sites for hydroxylation is 2. The van der Waals surface area contributed by atoms with Gasteiger partial charge in [-0.2, -0.15) is 0 Å². The minimum absolute atomic E-state index is 0.150. The van der Waals surface area contributed by atoms with Crippen molar-refractivity contribution in [3.8, 4) is 5.95 Å². The van der Waals surface area contributed by atoms with Crippen LogP contribution in [0.15, 0.2) is 64.0 Å². The fourth-order valence-electron chi connectivity index (χ4n) is 2.77. The second-order valence-corrected chi connectivity index (χ2v) is 5.66. The van der Waals surface area contributed by atoms with E-state index < -0.39 is 0 Å². The van der Waals surface area contributed by atoms with Crippen LogP contribution in [0, 0.1) is 0 Å². The van der Waals surface area contributed by atoms with Crippen molar-refractivity contribution >= 4 is 23.6 Å². The Labute approximate surface area is 139 Å². The van der Waals surface area contributed by atoms with Gasteiger partial charge in [-0.3, -0.25) is 4.99 Å². The van der Waals surface area contributed by atoms with E-state index in [2.05, 4.69) is 22.1 Å². The summed E-state index contributed by atoms with van der Waals surface area (Å²) >= 11 is 0. The molecule has 4 nitrogen and oxygen atoms in total. The summed E-state index contributed by atoms with van der Waals surface area (Å²) in [6, 6.07) is 18.0. The zero-order valence-electron chi connectivity index (χ0n) is 13.0. The van der Waals surface area contributed by atoms with E-state index in [4.69, 9.17) is 4.42 Å². The van der Waals surface area contributed by atoms with Crippen LogP contribution in [-0.4, -0.2) is 16.3 Å². The summed E-state index contributed by atoms with van der Waals surface area (Å²) in [6.07, 6.45) is 5.05. The minimum atomic E-state index is -0.150. The van der Waals surface area contributed by atoms with Gasteiger partial charge in [0.15, 0.2) is 5.89 Å². The van der Waals surface area contributed by atoms with Gasteiger partial charge in [0.25, 0.3) is 0 Å². The van der Waals surface area contributed by atoms with Crippen LogP contribution in [0.25, 0.3) is 11.6 Å². The molecule has 4 heteroatoms. The van der Waals surface area contributed by atoms with E-state index in [-0.39, 0.29) is 5.95 Å². The van der Waals surface area contributed by atoms with Gasteiger partial charge in [-0.15, -0.1) is 0 Å². The molecule has 0 amide bonds. The molecule has 0 saturated carbocycles. The lowest BCUT2D eigenvalue weighted by atomic mass is 10.1. The molecule has 3 aromatic rings. The third-order valence-electron chi connectivity index (χ3n) is 4.00. The summed E-state index contributed by atoms with van der Waals surface area (Å²) in [4.78, 5) is 8.76. The average molecular weight is 316 g/mol. The highest BCUT2D eigenvalue weighted by atomic mass is 16.5. The van der Waals surface area contributed by atoms with E-state index in [1.807, 2.05) is 42.5 Å². The summed E-state index contributed by atoms with van der Waals surface area (Å²) in [5, 5.41) is 10.0. The van der Waals surface area contributed by atoms with Crippen molar-refractivity contribution in [2.75, 3.05) is 0 Å². The molecule has 0 bridgehead atoms. The van der Waals surface area contributed by atoms with Crippen LogP contribution in [0.5, 0.6) is 5.95 Å². The molecule has 24 heavy (non-hydrogen) atoms. The van der Waals surface area contributed by atoms with Crippen LogP contribution in [-0.2, 0) is 12.8 Å². The quantitative estimate of drug-likeness (QED) is 0.775. The van der Waals surface area contributed by atoms with Crippen molar-refractivity contribution in [3.05, 3.63) is 77.3 Å². The largest absolute Gasteiger partial charge is 0.479 e. The van der Waals surface area contributed by atoms with E-state index in [9.17, 15) is 5.11 Å². The Morgan fingerprint density at radius 3 is 2.62 bits per heavy atom. The predicted molar refractivity (Wildman–Crippen MR) is 94.5 cm³/mol. The average Bonchev–Trinajstić information content (AvgIpc) is 3.18. The normalized spacial score (nSPS) is 14.2.